The van der Waals surface area contributed by atoms with Crippen LogP contribution in [-0.4, -0.2) is 9.78 Å². The first-order chi connectivity index (χ1) is 7.59. The quantitative estimate of drug-likeness (QED) is 0.829. The van der Waals surface area contributed by atoms with Crippen molar-refractivity contribution in [3.05, 3.63) is 46.5 Å². The van der Waals surface area contributed by atoms with Gasteiger partial charge in [0.1, 0.15) is 5.82 Å². The first kappa shape index (κ1) is 10.7. The zero-order valence-electron chi connectivity index (χ0n) is 9.20. The predicted molar refractivity (Wildman–Crippen MR) is 60.8 cm³/mol. The van der Waals surface area contributed by atoms with Crippen molar-refractivity contribution in [3.8, 4) is 11.3 Å². The molecule has 1 aromatic heterocycles. The number of hydrogen-bond donors (Lipinski definition) is 1. The average molecular weight is 220 g/mol. The van der Waals surface area contributed by atoms with Crippen LogP contribution < -0.4 is 5.56 Å². The summed E-state index contributed by atoms with van der Waals surface area (Å²) in [6.07, 6.45) is 0. The first-order valence-corrected chi connectivity index (χ1v) is 5.16. The summed E-state index contributed by atoms with van der Waals surface area (Å²) in [6, 6.07) is 7.83. The van der Waals surface area contributed by atoms with Gasteiger partial charge in [0.05, 0.1) is 5.69 Å². The Bertz CT molecular complexity index is 554. The molecule has 0 aliphatic heterocycles. The van der Waals surface area contributed by atoms with E-state index < -0.39 is 0 Å². The maximum atomic E-state index is 13.5. The van der Waals surface area contributed by atoms with Gasteiger partial charge in [-0.1, -0.05) is 12.1 Å². The van der Waals surface area contributed by atoms with Crippen molar-refractivity contribution < 1.29 is 4.39 Å². The summed E-state index contributed by atoms with van der Waals surface area (Å²) in [6.45, 7) is 3.78. The molecule has 0 aliphatic rings. The van der Waals surface area contributed by atoms with Crippen molar-refractivity contribution >= 4 is 0 Å². The minimum Gasteiger partial charge on any atom is -0.295 e. The Hall–Kier alpha value is -1.84. The van der Waals surface area contributed by atoms with Crippen LogP contribution in [0.1, 0.15) is 19.9 Å². The molecular formula is C12H13FN2O. The SMILES string of the molecule is CC(C)n1[nH]c(-c2ccccc2F)cc1=O. The van der Waals surface area contributed by atoms with Crippen molar-refractivity contribution in [2.24, 2.45) is 0 Å². The number of rotatable bonds is 2. The molecule has 0 atom stereocenters. The monoisotopic (exact) mass is 220 g/mol. The van der Waals surface area contributed by atoms with Crippen LogP contribution in [-0.2, 0) is 0 Å². The van der Waals surface area contributed by atoms with E-state index in [1.54, 1.807) is 18.2 Å². The van der Waals surface area contributed by atoms with E-state index in [1.807, 2.05) is 13.8 Å². The van der Waals surface area contributed by atoms with Crippen LogP contribution in [0.5, 0.6) is 0 Å². The second-order valence-electron chi connectivity index (χ2n) is 3.95. The molecule has 4 heteroatoms. The van der Waals surface area contributed by atoms with Gasteiger partial charge in [-0.05, 0) is 26.0 Å². The van der Waals surface area contributed by atoms with Crippen LogP contribution in [0.3, 0.4) is 0 Å². The molecule has 0 bridgehead atoms. The molecule has 2 rings (SSSR count). The zero-order valence-corrected chi connectivity index (χ0v) is 9.20. The lowest BCUT2D eigenvalue weighted by atomic mass is 10.1. The predicted octanol–water partition coefficient (Wildman–Crippen LogP) is 2.56. The highest BCUT2D eigenvalue weighted by Gasteiger charge is 2.10. The number of aromatic nitrogens is 2. The lowest BCUT2D eigenvalue weighted by molar-refractivity contribution is 0.518. The Morgan fingerprint density at radius 1 is 1.31 bits per heavy atom. The van der Waals surface area contributed by atoms with E-state index in [9.17, 15) is 9.18 Å². The highest BCUT2D eigenvalue weighted by molar-refractivity contribution is 5.59. The van der Waals surface area contributed by atoms with Gasteiger partial charge in [0.25, 0.3) is 5.56 Å². The number of halogens is 1. The van der Waals surface area contributed by atoms with E-state index in [1.165, 1.54) is 16.8 Å². The number of benzene rings is 1. The minimum atomic E-state index is -0.334. The van der Waals surface area contributed by atoms with Gasteiger partial charge in [-0.25, -0.2) is 4.39 Å². The van der Waals surface area contributed by atoms with E-state index in [4.69, 9.17) is 0 Å². The van der Waals surface area contributed by atoms with Crippen LogP contribution in [0, 0.1) is 5.82 Å². The Morgan fingerprint density at radius 2 is 2.00 bits per heavy atom. The zero-order chi connectivity index (χ0) is 11.7. The summed E-state index contributed by atoms with van der Waals surface area (Å²) in [5.74, 6) is -0.334. The van der Waals surface area contributed by atoms with Gasteiger partial charge in [-0.2, -0.15) is 0 Å². The molecule has 3 nitrogen and oxygen atoms in total. The van der Waals surface area contributed by atoms with Crippen molar-refractivity contribution in [1.29, 1.82) is 0 Å². The fourth-order valence-corrected chi connectivity index (χ4v) is 1.61. The molecule has 0 fully saturated rings. The van der Waals surface area contributed by atoms with Crippen LogP contribution in [0.25, 0.3) is 11.3 Å². The van der Waals surface area contributed by atoms with Crippen LogP contribution in [0.2, 0.25) is 0 Å². The molecule has 0 saturated carbocycles. The smallest absolute Gasteiger partial charge is 0.267 e. The lowest BCUT2D eigenvalue weighted by Gasteiger charge is -2.05. The molecule has 0 unspecified atom stereocenters. The minimum absolute atomic E-state index is 0.0352. The third-order valence-electron chi connectivity index (χ3n) is 2.43. The number of nitrogens with zero attached hydrogens (tertiary/aromatic N) is 1. The fourth-order valence-electron chi connectivity index (χ4n) is 1.61. The summed E-state index contributed by atoms with van der Waals surface area (Å²) in [4.78, 5) is 11.6. The van der Waals surface area contributed by atoms with Crippen molar-refractivity contribution in [1.82, 2.24) is 9.78 Å². The third-order valence-corrected chi connectivity index (χ3v) is 2.43. The molecule has 1 heterocycles. The van der Waals surface area contributed by atoms with E-state index in [2.05, 4.69) is 5.10 Å². The van der Waals surface area contributed by atoms with Crippen molar-refractivity contribution in [2.45, 2.75) is 19.9 Å². The van der Waals surface area contributed by atoms with E-state index >= 15 is 0 Å². The molecule has 16 heavy (non-hydrogen) atoms. The van der Waals surface area contributed by atoms with Gasteiger partial charge in [-0.3, -0.25) is 14.6 Å². The van der Waals surface area contributed by atoms with E-state index in [-0.39, 0.29) is 17.4 Å². The largest absolute Gasteiger partial charge is 0.295 e. The lowest BCUT2D eigenvalue weighted by Crippen LogP contribution is -2.17. The maximum Gasteiger partial charge on any atom is 0.267 e. The summed E-state index contributed by atoms with van der Waals surface area (Å²) in [5.41, 5.74) is 0.782. The summed E-state index contributed by atoms with van der Waals surface area (Å²) in [5, 5.41) is 2.90. The summed E-state index contributed by atoms with van der Waals surface area (Å²) < 4.78 is 15.0. The fraction of sp³-hybridized carbons (Fsp3) is 0.250. The molecule has 1 aromatic carbocycles. The summed E-state index contributed by atoms with van der Waals surface area (Å²) >= 11 is 0. The first-order valence-electron chi connectivity index (χ1n) is 5.16. The molecule has 0 saturated heterocycles. The number of H-pyrrole nitrogens is 1. The van der Waals surface area contributed by atoms with Gasteiger partial charge >= 0.3 is 0 Å². The van der Waals surface area contributed by atoms with Crippen LogP contribution >= 0.6 is 0 Å². The highest BCUT2D eigenvalue weighted by Crippen LogP contribution is 2.19. The van der Waals surface area contributed by atoms with Gasteiger partial charge in [0.15, 0.2) is 0 Å². The van der Waals surface area contributed by atoms with E-state index in [0.717, 1.165) is 0 Å². The molecule has 84 valence electrons. The number of nitrogens with one attached hydrogen (secondary N) is 1. The summed E-state index contributed by atoms with van der Waals surface area (Å²) in [7, 11) is 0. The maximum absolute atomic E-state index is 13.5. The molecule has 0 spiro atoms. The highest BCUT2D eigenvalue weighted by atomic mass is 19.1. The van der Waals surface area contributed by atoms with Crippen molar-refractivity contribution in [3.63, 3.8) is 0 Å². The third kappa shape index (κ3) is 1.78. The van der Waals surface area contributed by atoms with Gasteiger partial charge in [0.2, 0.25) is 0 Å². The Labute approximate surface area is 92.5 Å². The average Bonchev–Trinajstić information content (AvgIpc) is 2.61. The second kappa shape index (κ2) is 3.96. The van der Waals surface area contributed by atoms with Crippen LogP contribution in [0.4, 0.5) is 4.39 Å². The number of hydrogen-bond acceptors (Lipinski definition) is 1. The molecule has 0 aliphatic carbocycles. The number of aromatic amines is 1. The normalized spacial score (nSPS) is 11.0. The standard InChI is InChI=1S/C12H13FN2O/c1-8(2)15-12(16)7-11(14-15)9-5-3-4-6-10(9)13/h3-8,14H,1-2H3. The molecule has 1 N–H and O–H groups in total. The van der Waals surface area contributed by atoms with Gasteiger partial charge < -0.3 is 0 Å². The Morgan fingerprint density at radius 3 is 2.56 bits per heavy atom. The molecule has 0 radical (unpaired) electrons. The topological polar surface area (TPSA) is 37.8 Å². The van der Waals surface area contributed by atoms with E-state index in [0.29, 0.717) is 11.3 Å². The molecule has 2 aromatic rings. The second-order valence-corrected chi connectivity index (χ2v) is 3.95. The molecule has 0 amide bonds. The van der Waals surface area contributed by atoms with Crippen LogP contribution in [0.15, 0.2) is 35.1 Å². The van der Waals surface area contributed by atoms with Crippen molar-refractivity contribution in [2.75, 3.05) is 0 Å². The van der Waals surface area contributed by atoms with Gasteiger partial charge in [0, 0.05) is 17.7 Å². The Balaban J connectivity index is 2.54. The Kier molecular flexibility index (Phi) is 2.64. The molecular weight excluding hydrogens is 207 g/mol. The van der Waals surface area contributed by atoms with Gasteiger partial charge in [-0.15, -0.1) is 0 Å².